The predicted octanol–water partition coefficient (Wildman–Crippen LogP) is 2.74. The van der Waals surface area contributed by atoms with E-state index in [1.807, 2.05) is 0 Å². The molecule has 1 saturated heterocycles. The van der Waals surface area contributed by atoms with Crippen LogP contribution in [-0.2, 0) is 16.6 Å². The standard InChI is InChI=1S/C23H33N3O4S/c1-3-12-25-14-16-26(17-15-25)13-4-11-24-23(27)22-10-7-20(30-22)18-31(28)21-8-5-19(29-2)6-9-21/h5-10H,3-4,11-18H2,1-2H3,(H,24,27)/t31-/m1/s1. The molecule has 8 heteroatoms. The average molecular weight is 448 g/mol. The zero-order valence-corrected chi connectivity index (χ0v) is 19.3. The highest BCUT2D eigenvalue weighted by molar-refractivity contribution is 7.84. The SMILES string of the molecule is CCCN1CCN(CCCNC(=O)c2ccc(C[S@@](=O)c3ccc(OC)cc3)o2)CC1. The van der Waals surface area contributed by atoms with Gasteiger partial charge in [-0.1, -0.05) is 6.92 Å². The second kappa shape index (κ2) is 12.0. The van der Waals surface area contributed by atoms with Crippen LogP contribution in [0.1, 0.15) is 36.1 Å². The highest BCUT2D eigenvalue weighted by Gasteiger charge is 2.16. The number of rotatable bonds is 11. The number of carbonyl (C=O) groups is 1. The first-order valence-corrected chi connectivity index (χ1v) is 12.2. The number of hydrogen-bond donors (Lipinski definition) is 1. The van der Waals surface area contributed by atoms with Gasteiger partial charge in [-0.25, -0.2) is 0 Å². The van der Waals surface area contributed by atoms with Crippen LogP contribution in [0.3, 0.4) is 0 Å². The lowest BCUT2D eigenvalue weighted by molar-refractivity contribution is 0.0919. The minimum atomic E-state index is -1.25. The van der Waals surface area contributed by atoms with E-state index in [2.05, 4.69) is 22.0 Å². The molecule has 1 fully saturated rings. The van der Waals surface area contributed by atoms with Crippen LogP contribution in [0, 0.1) is 0 Å². The Morgan fingerprint density at radius 3 is 2.39 bits per heavy atom. The molecule has 1 aromatic heterocycles. The Morgan fingerprint density at radius 1 is 1.06 bits per heavy atom. The van der Waals surface area contributed by atoms with Gasteiger partial charge in [-0.2, -0.15) is 0 Å². The number of nitrogens with zero attached hydrogens (tertiary/aromatic N) is 2. The van der Waals surface area contributed by atoms with Crippen LogP contribution in [0.15, 0.2) is 45.7 Å². The highest BCUT2D eigenvalue weighted by Crippen LogP contribution is 2.18. The summed E-state index contributed by atoms with van der Waals surface area (Å²) in [6.07, 6.45) is 2.12. The number of amides is 1. The predicted molar refractivity (Wildman–Crippen MR) is 122 cm³/mol. The second-order valence-corrected chi connectivity index (χ2v) is 9.18. The van der Waals surface area contributed by atoms with Gasteiger partial charge < -0.3 is 24.3 Å². The van der Waals surface area contributed by atoms with Gasteiger partial charge in [0.2, 0.25) is 0 Å². The molecule has 1 amide bonds. The van der Waals surface area contributed by atoms with Crippen molar-refractivity contribution in [2.45, 2.75) is 30.4 Å². The Bertz CT molecular complexity index is 845. The molecule has 0 aliphatic carbocycles. The Hall–Kier alpha value is -2.16. The van der Waals surface area contributed by atoms with E-state index >= 15 is 0 Å². The number of methoxy groups -OCH3 is 1. The van der Waals surface area contributed by atoms with E-state index in [1.165, 1.54) is 13.0 Å². The third kappa shape index (κ3) is 7.19. The number of furan rings is 1. The summed E-state index contributed by atoms with van der Waals surface area (Å²) in [6, 6.07) is 10.5. The molecular formula is C23H33N3O4S. The molecule has 2 heterocycles. The maximum atomic E-state index is 12.5. The Morgan fingerprint density at radius 2 is 1.74 bits per heavy atom. The molecule has 0 spiro atoms. The van der Waals surface area contributed by atoms with E-state index in [4.69, 9.17) is 9.15 Å². The van der Waals surface area contributed by atoms with E-state index in [1.54, 1.807) is 43.5 Å². The molecule has 1 aliphatic heterocycles. The maximum absolute atomic E-state index is 12.5. The van der Waals surface area contributed by atoms with Crippen LogP contribution in [0.5, 0.6) is 5.75 Å². The Labute approximate surface area is 187 Å². The smallest absolute Gasteiger partial charge is 0.286 e. The first-order chi connectivity index (χ1) is 15.1. The van der Waals surface area contributed by atoms with Crippen LogP contribution < -0.4 is 10.1 Å². The molecule has 0 radical (unpaired) electrons. The molecule has 7 nitrogen and oxygen atoms in total. The molecule has 3 rings (SSSR count). The van der Waals surface area contributed by atoms with Crippen molar-refractivity contribution in [2.75, 3.05) is 52.9 Å². The number of nitrogens with one attached hydrogen (secondary N) is 1. The third-order valence-electron chi connectivity index (χ3n) is 5.42. The fraction of sp³-hybridized carbons (Fsp3) is 0.522. The molecule has 0 saturated carbocycles. The fourth-order valence-corrected chi connectivity index (χ4v) is 4.68. The second-order valence-electron chi connectivity index (χ2n) is 7.72. The molecule has 1 N–H and O–H groups in total. The lowest BCUT2D eigenvalue weighted by atomic mass is 10.2. The summed E-state index contributed by atoms with van der Waals surface area (Å²) in [5, 5.41) is 2.92. The van der Waals surface area contributed by atoms with Crippen LogP contribution >= 0.6 is 0 Å². The van der Waals surface area contributed by atoms with Crippen molar-refractivity contribution in [3.05, 3.63) is 47.9 Å². The largest absolute Gasteiger partial charge is 0.497 e. The minimum absolute atomic E-state index is 0.226. The van der Waals surface area contributed by atoms with Crippen LogP contribution in [0.25, 0.3) is 0 Å². The van der Waals surface area contributed by atoms with Crippen LogP contribution in [-0.4, -0.2) is 72.8 Å². The molecule has 0 bridgehead atoms. The molecule has 1 atom stereocenters. The van der Waals surface area contributed by atoms with E-state index in [9.17, 15) is 9.00 Å². The van der Waals surface area contributed by atoms with E-state index in [0.717, 1.165) is 44.9 Å². The van der Waals surface area contributed by atoms with Gasteiger partial charge >= 0.3 is 0 Å². The number of benzene rings is 1. The van der Waals surface area contributed by atoms with Gasteiger partial charge in [0.05, 0.1) is 23.7 Å². The quantitative estimate of drug-likeness (QED) is 0.534. The van der Waals surface area contributed by atoms with Gasteiger partial charge in [-0.15, -0.1) is 0 Å². The lowest BCUT2D eigenvalue weighted by Gasteiger charge is -2.34. The third-order valence-corrected chi connectivity index (χ3v) is 6.77. The van der Waals surface area contributed by atoms with Gasteiger partial charge in [-0.3, -0.25) is 9.00 Å². The number of hydrogen-bond acceptors (Lipinski definition) is 6. The topological polar surface area (TPSA) is 75.0 Å². The number of ether oxygens (including phenoxy) is 1. The Balaban J connectivity index is 1.37. The summed E-state index contributed by atoms with van der Waals surface area (Å²) in [4.78, 5) is 18.0. The van der Waals surface area contributed by atoms with Crippen LogP contribution in [0.4, 0.5) is 0 Å². The van der Waals surface area contributed by atoms with Crippen molar-refractivity contribution in [3.63, 3.8) is 0 Å². The van der Waals surface area contributed by atoms with E-state index < -0.39 is 10.8 Å². The van der Waals surface area contributed by atoms with Crippen molar-refractivity contribution in [1.82, 2.24) is 15.1 Å². The van der Waals surface area contributed by atoms with Crippen LogP contribution in [0.2, 0.25) is 0 Å². The first kappa shape index (κ1) is 23.5. The van der Waals surface area contributed by atoms with Gasteiger partial charge in [0.15, 0.2) is 5.76 Å². The average Bonchev–Trinajstić information content (AvgIpc) is 3.26. The fourth-order valence-electron chi connectivity index (χ4n) is 3.66. The molecule has 1 aromatic carbocycles. The van der Waals surface area contributed by atoms with E-state index in [-0.39, 0.29) is 17.4 Å². The minimum Gasteiger partial charge on any atom is -0.497 e. The maximum Gasteiger partial charge on any atom is 0.286 e. The van der Waals surface area contributed by atoms with Gasteiger partial charge in [-0.05, 0) is 62.3 Å². The van der Waals surface area contributed by atoms with Gasteiger partial charge in [0.1, 0.15) is 11.5 Å². The van der Waals surface area contributed by atoms with E-state index in [0.29, 0.717) is 17.2 Å². The monoisotopic (exact) mass is 447 g/mol. The van der Waals surface area contributed by atoms with Crippen molar-refractivity contribution < 1.29 is 18.2 Å². The van der Waals surface area contributed by atoms with Gasteiger partial charge in [0.25, 0.3) is 5.91 Å². The summed E-state index contributed by atoms with van der Waals surface area (Å²) < 4.78 is 23.2. The number of piperazine rings is 1. The zero-order chi connectivity index (χ0) is 22.1. The summed E-state index contributed by atoms with van der Waals surface area (Å²) in [5.41, 5.74) is 0. The Kier molecular flexibility index (Phi) is 9.12. The summed E-state index contributed by atoms with van der Waals surface area (Å²) >= 11 is 0. The molecule has 31 heavy (non-hydrogen) atoms. The normalized spacial score (nSPS) is 16.2. The van der Waals surface area contributed by atoms with Gasteiger partial charge in [0, 0.05) is 37.6 Å². The molecule has 0 unspecified atom stereocenters. The highest BCUT2D eigenvalue weighted by atomic mass is 32.2. The van der Waals surface area contributed by atoms with Crippen molar-refractivity contribution >= 4 is 16.7 Å². The van der Waals surface area contributed by atoms with Crippen molar-refractivity contribution in [3.8, 4) is 5.75 Å². The summed E-state index contributed by atoms with van der Waals surface area (Å²) in [7, 11) is 0.345. The molecule has 170 valence electrons. The van der Waals surface area contributed by atoms with Crippen molar-refractivity contribution in [1.29, 1.82) is 0 Å². The number of carbonyl (C=O) groups excluding carboxylic acids is 1. The molecular weight excluding hydrogens is 414 g/mol. The van der Waals surface area contributed by atoms with Crippen molar-refractivity contribution in [2.24, 2.45) is 0 Å². The molecule has 1 aliphatic rings. The first-order valence-electron chi connectivity index (χ1n) is 10.9. The summed E-state index contributed by atoms with van der Waals surface area (Å²) in [5.74, 6) is 1.51. The molecule has 2 aromatic rings. The zero-order valence-electron chi connectivity index (χ0n) is 18.5. The lowest BCUT2D eigenvalue weighted by Crippen LogP contribution is -2.47. The summed E-state index contributed by atoms with van der Waals surface area (Å²) in [6.45, 7) is 9.47.